The minimum Gasteiger partial charge on any atom is -0.356 e. The van der Waals surface area contributed by atoms with E-state index < -0.39 is 5.54 Å². The van der Waals surface area contributed by atoms with Crippen LogP contribution in [0.25, 0.3) is 10.9 Å². The number of carbonyl (C=O) groups excluding carboxylic acids is 2. The summed E-state index contributed by atoms with van der Waals surface area (Å²) in [5, 5.41) is 1.12. The third kappa shape index (κ3) is 3.19. The van der Waals surface area contributed by atoms with Crippen molar-refractivity contribution in [3.63, 3.8) is 0 Å². The molecule has 1 saturated heterocycles. The maximum atomic E-state index is 13.9. The fourth-order valence-corrected chi connectivity index (χ4v) is 5.53. The van der Waals surface area contributed by atoms with E-state index in [0.717, 1.165) is 38.6 Å². The first kappa shape index (κ1) is 21.3. The van der Waals surface area contributed by atoms with Gasteiger partial charge in [0.1, 0.15) is 0 Å². The second-order valence-corrected chi connectivity index (χ2v) is 10.5. The highest BCUT2D eigenvalue weighted by Gasteiger charge is 2.56. The highest BCUT2D eigenvalue weighted by Crippen LogP contribution is 2.48. The molecule has 1 N–H and O–H groups in total. The van der Waals surface area contributed by atoms with E-state index in [1.807, 2.05) is 42.2 Å². The van der Waals surface area contributed by atoms with E-state index in [9.17, 15) is 9.59 Å². The van der Waals surface area contributed by atoms with Crippen LogP contribution in [0.2, 0.25) is 0 Å². The van der Waals surface area contributed by atoms with Gasteiger partial charge in [0.25, 0.3) is 5.91 Å². The molecule has 2 aliphatic heterocycles. The molecular formula is C26H28BrN3O2. The second-order valence-electron chi connectivity index (χ2n) is 9.55. The van der Waals surface area contributed by atoms with Crippen LogP contribution in [0, 0.1) is 5.92 Å². The van der Waals surface area contributed by atoms with Crippen molar-refractivity contribution < 1.29 is 9.59 Å². The summed E-state index contributed by atoms with van der Waals surface area (Å²) in [7, 11) is 0. The Morgan fingerprint density at radius 1 is 1.12 bits per heavy atom. The van der Waals surface area contributed by atoms with Crippen LogP contribution < -0.4 is 0 Å². The first-order chi connectivity index (χ1) is 15.3. The summed E-state index contributed by atoms with van der Waals surface area (Å²) in [5.74, 6) is 0.504. The number of halogens is 1. The monoisotopic (exact) mass is 493 g/mol. The number of piperazine rings is 1. The number of nitrogens with zero attached hydrogens (tertiary/aromatic N) is 2. The van der Waals surface area contributed by atoms with Gasteiger partial charge in [0, 0.05) is 34.4 Å². The van der Waals surface area contributed by atoms with Gasteiger partial charge in [0.15, 0.2) is 5.54 Å². The molecule has 5 nitrogen and oxygen atoms in total. The molecule has 0 bridgehead atoms. The molecule has 2 amide bonds. The topological polar surface area (TPSA) is 56.4 Å². The molecule has 2 aromatic carbocycles. The quantitative estimate of drug-likeness (QED) is 0.555. The number of para-hydroxylation sites is 1. The lowest BCUT2D eigenvalue weighted by Crippen LogP contribution is -2.67. The summed E-state index contributed by atoms with van der Waals surface area (Å²) in [5.41, 5.74) is 3.11. The van der Waals surface area contributed by atoms with Gasteiger partial charge in [-0.15, -0.1) is 0 Å². The van der Waals surface area contributed by atoms with Crippen molar-refractivity contribution in [3.8, 4) is 0 Å². The van der Waals surface area contributed by atoms with Crippen molar-refractivity contribution >= 4 is 38.6 Å². The van der Waals surface area contributed by atoms with E-state index in [1.165, 1.54) is 0 Å². The molecule has 166 valence electrons. The van der Waals surface area contributed by atoms with Crippen LogP contribution in [-0.4, -0.2) is 46.2 Å². The van der Waals surface area contributed by atoms with E-state index in [1.54, 1.807) is 4.90 Å². The predicted octanol–water partition coefficient (Wildman–Crippen LogP) is 5.01. The van der Waals surface area contributed by atoms with Crippen LogP contribution in [0.1, 0.15) is 49.9 Å². The van der Waals surface area contributed by atoms with Crippen LogP contribution in [0.15, 0.2) is 53.0 Å². The molecule has 0 saturated carbocycles. The lowest BCUT2D eigenvalue weighted by molar-refractivity contribution is -0.166. The third-order valence-corrected chi connectivity index (χ3v) is 7.59. The maximum absolute atomic E-state index is 13.9. The Morgan fingerprint density at radius 3 is 2.56 bits per heavy atom. The van der Waals surface area contributed by atoms with Gasteiger partial charge in [0.2, 0.25) is 5.91 Å². The van der Waals surface area contributed by atoms with Gasteiger partial charge < -0.3 is 14.8 Å². The van der Waals surface area contributed by atoms with Crippen molar-refractivity contribution in [1.82, 2.24) is 14.8 Å². The fourth-order valence-electron chi connectivity index (χ4n) is 5.26. The Morgan fingerprint density at radius 2 is 1.84 bits per heavy atom. The molecule has 5 rings (SSSR count). The van der Waals surface area contributed by atoms with E-state index >= 15 is 0 Å². The van der Waals surface area contributed by atoms with Gasteiger partial charge in [-0.3, -0.25) is 9.59 Å². The SMILES string of the molecule is CC(C)CCN1CC(=O)N2CC(c3ccc(Br)cc3)c3c([nH]c4ccccc34)C2(C)C1=O. The summed E-state index contributed by atoms with van der Waals surface area (Å²) in [6.45, 7) is 7.46. The molecule has 1 aromatic heterocycles. The van der Waals surface area contributed by atoms with Gasteiger partial charge in [0.05, 0.1) is 12.2 Å². The Bertz CT molecular complexity index is 1200. The van der Waals surface area contributed by atoms with Gasteiger partial charge in [-0.25, -0.2) is 0 Å². The molecule has 2 atom stereocenters. The Kier molecular flexibility index (Phi) is 5.16. The van der Waals surface area contributed by atoms with Crippen molar-refractivity contribution in [3.05, 3.63) is 69.8 Å². The summed E-state index contributed by atoms with van der Waals surface area (Å²) in [6, 6.07) is 16.5. The molecule has 3 aromatic rings. The summed E-state index contributed by atoms with van der Waals surface area (Å²) in [6.07, 6.45) is 0.885. The smallest absolute Gasteiger partial charge is 0.254 e. The van der Waals surface area contributed by atoms with Crippen molar-refractivity contribution in [2.24, 2.45) is 5.92 Å². The predicted molar refractivity (Wildman–Crippen MR) is 129 cm³/mol. The van der Waals surface area contributed by atoms with E-state index in [4.69, 9.17) is 0 Å². The molecule has 2 aliphatic rings. The largest absolute Gasteiger partial charge is 0.356 e. The number of hydrogen-bond acceptors (Lipinski definition) is 2. The van der Waals surface area contributed by atoms with Crippen LogP contribution in [0.4, 0.5) is 0 Å². The number of hydrogen-bond donors (Lipinski definition) is 1. The van der Waals surface area contributed by atoms with Crippen molar-refractivity contribution in [1.29, 1.82) is 0 Å². The third-order valence-electron chi connectivity index (χ3n) is 7.07. The van der Waals surface area contributed by atoms with Gasteiger partial charge in [-0.1, -0.05) is 60.1 Å². The van der Waals surface area contributed by atoms with Crippen LogP contribution >= 0.6 is 15.9 Å². The standard InChI is InChI=1S/C26H28BrN3O2/c1-16(2)12-13-29-15-22(31)30-14-20(17-8-10-18(27)11-9-17)23-19-6-4-5-7-21(19)28-24(23)26(30,3)25(29)32/h4-11,16,20,28H,12-15H2,1-3H3. The number of benzene rings is 2. The molecule has 0 spiro atoms. The zero-order valence-electron chi connectivity index (χ0n) is 18.7. The second kappa shape index (κ2) is 7.77. The number of amides is 2. The number of carbonyl (C=O) groups is 2. The average Bonchev–Trinajstić information content (AvgIpc) is 3.17. The molecule has 2 unspecified atom stereocenters. The molecule has 1 fully saturated rings. The zero-order valence-corrected chi connectivity index (χ0v) is 20.3. The van der Waals surface area contributed by atoms with Crippen LogP contribution in [0.3, 0.4) is 0 Å². The molecule has 32 heavy (non-hydrogen) atoms. The number of nitrogens with one attached hydrogen (secondary N) is 1. The first-order valence-corrected chi connectivity index (χ1v) is 12.1. The van der Waals surface area contributed by atoms with Crippen LogP contribution in [-0.2, 0) is 15.1 Å². The lowest BCUT2D eigenvalue weighted by Gasteiger charge is -2.51. The Balaban J connectivity index is 1.69. The first-order valence-electron chi connectivity index (χ1n) is 11.3. The lowest BCUT2D eigenvalue weighted by atomic mass is 9.76. The number of aromatic amines is 1. The Hall–Kier alpha value is -2.60. The number of rotatable bonds is 4. The van der Waals surface area contributed by atoms with E-state index in [-0.39, 0.29) is 24.3 Å². The minimum absolute atomic E-state index is 0.00119. The average molecular weight is 494 g/mol. The van der Waals surface area contributed by atoms with E-state index in [2.05, 4.69) is 53.0 Å². The van der Waals surface area contributed by atoms with Gasteiger partial charge in [-0.05, 0) is 48.6 Å². The normalized spacial score (nSPS) is 23.1. The number of aromatic nitrogens is 1. The van der Waals surface area contributed by atoms with Crippen LogP contribution in [0.5, 0.6) is 0 Å². The van der Waals surface area contributed by atoms with Gasteiger partial charge >= 0.3 is 0 Å². The summed E-state index contributed by atoms with van der Waals surface area (Å²) >= 11 is 3.53. The number of fused-ring (bicyclic) bond motifs is 5. The molecule has 6 heteroatoms. The Labute approximate surface area is 196 Å². The summed E-state index contributed by atoms with van der Waals surface area (Å²) in [4.78, 5) is 34.4. The van der Waals surface area contributed by atoms with E-state index in [0.29, 0.717) is 19.0 Å². The van der Waals surface area contributed by atoms with Crippen molar-refractivity contribution in [2.75, 3.05) is 19.6 Å². The van der Waals surface area contributed by atoms with Crippen molar-refractivity contribution in [2.45, 2.75) is 38.6 Å². The molecule has 3 heterocycles. The summed E-state index contributed by atoms with van der Waals surface area (Å²) < 4.78 is 1.02. The minimum atomic E-state index is -1.02. The highest BCUT2D eigenvalue weighted by molar-refractivity contribution is 9.10. The zero-order chi connectivity index (χ0) is 22.6. The molecule has 0 radical (unpaired) electrons. The molecular weight excluding hydrogens is 466 g/mol. The molecule has 0 aliphatic carbocycles. The maximum Gasteiger partial charge on any atom is 0.254 e. The highest BCUT2D eigenvalue weighted by atomic mass is 79.9. The van der Waals surface area contributed by atoms with Gasteiger partial charge in [-0.2, -0.15) is 0 Å². The number of H-pyrrole nitrogens is 1. The fraction of sp³-hybridized carbons (Fsp3) is 0.385.